The Hall–Kier alpha value is -3.04. The van der Waals surface area contributed by atoms with Crippen LogP contribution in [0.2, 0.25) is 0 Å². The van der Waals surface area contributed by atoms with E-state index in [0.717, 1.165) is 21.3 Å². The fraction of sp³-hybridized carbons (Fsp3) is 0.320. The van der Waals surface area contributed by atoms with Crippen LogP contribution in [0.15, 0.2) is 60.0 Å². The first-order chi connectivity index (χ1) is 16.2. The molecule has 9 heteroatoms. The van der Waals surface area contributed by atoms with Gasteiger partial charge < -0.3 is 4.57 Å². The summed E-state index contributed by atoms with van der Waals surface area (Å²) >= 11 is 1.49. The maximum absolute atomic E-state index is 13.7. The van der Waals surface area contributed by atoms with Crippen LogP contribution in [0.1, 0.15) is 41.8 Å². The Balaban J connectivity index is 1.71. The van der Waals surface area contributed by atoms with Crippen molar-refractivity contribution in [1.82, 2.24) is 14.5 Å². The smallest absolute Gasteiger partial charge is 0.260 e. The summed E-state index contributed by atoms with van der Waals surface area (Å²) in [4.78, 5) is 24.4. The summed E-state index contributed by atoms with van der Waals surface area (Å²) in [6.07, 6.45) is 6.05. The Bertz CT molecular complexity index is 1380. The molecule has 7 nitrogen and oxygen atoms in total. The summed E-state index contributed by atoms with van der Waals surface area (Å²) in [6.45, 7) is 8.46. The number of hydrogen-bond acceptors (Lipinski definition) is 6. The van der Waals surface area contributed by atoms with Crippen molar-refractivity contribution in [3.63, 3.8) is 0 Å². The molecule has 4 aromatic rings. The molecule has 0 spiro atoms. The van der Waals surface area contributed by atoms with Crippen molar-refractivity contribution in [3.8, 4) is 0 Å². The number of sulfone groups is 1. The molecule has 0 saturated carbocycles. The second-order valence-electron chi connectivity index (χ2n) is 8.61. The molecule has 178 valence electrons. The van der Waals surface area contributed by atoms with Gasteiger partial charge in [0.15, 0.2) is 15.0 Å². The van der Waals surface area contributed by atoms with Crippen LogP contribution in [0.3, 0.4) is 0 Å². The maximum Gasteiger partial charge on any atom is 0.260 e. The van der Waals surface area contributed by atoms with Gasteiger partial charge in [0.2, 0.25) is 0 Å². The molecule has 0 saturated heterocycles. The molecule has 0 N–H and O–H groups in total. The van der Waals surface area contributed by atoms with Crippen LogP contribution < -0.4 is 4.90 Å². The van der Waals surface area contributed by atoms with E-state index in [1.807, 2.05) is 30.7 Å². The molecular weight excluding hydrogens is 468 g/mol. The summed E-state index contributed by atoms with van der Waals surface area (Å²) in [5.41, 5.74) is 3.39. The van der Waals surface area contributed by atoms with Gasteiger partial charge in [0.25, 0.3) is 5.91 Å². The summed E-state index contributed by atoms with van der Waals surface area (Å²) in [7, 11) is -3.50. The van der Waals surface area contributed by atoms with E-state index in [0.29, 0.717) is 30.2 Å². The molecule has 0 aliphatic carbocycles. The highest BCUT2D eigenvalue weighted by Crippen LogP contribution is 2.34. The molecule has 0 radical (unpaired) electrons. The van der Waals surface area contributed by atoms with Gasteiger partial charge in [-0.05, 0) is 63.4 Å². The van der Waals surface area contributed by atoms with Crippen molar-refractivity contribution < 1.29 is 13.2 Å². The van der Waals surface area contributed by atoms with Gasteiger partial charge in [-0.25, -0.2) is 18.4 Å². The van der Waals surface area contributed by atoms with E-state index in [-0.39, 0.29) is 10.8 Å². The molecule has 0 fully saturated rings. The van der Waals surface area contributed by atoms with E-state index in [9.17, 15) is 13.2 Å². The van der Waals surface area contributed by atoms with E-state index in [1.54, 1.807) is 49.5 Å². The number of rotatable bonds is 8. The molecular formula is C25H28N4O3S2. The third-order valence-electron chi connectivity index (χ3n) is 5.79. The number of nitrogens with zero attached hydrogens (tertiary/aromatic N) is 4. The number of thiazole rings is 1. The predicted molar refractivity (Wildman–Crippen MR) is 136 cm³/mol. The van der Waals surface area contributed by atoms with Crippen LogP contribution in [-0.2, 0) is 16.4 Å². The first kappa shape index (κ1) is 24.1. The Kier molecular flexibility index (Phi) is 6.86. The molecule has 0 atom stereocenters. The fourth-order valence-electron chi connectivity index (χ4n) is 3.71. The second kappa shape index (κ2) is 9.68. The van der Waals surface area contributed by atoms with Crippen molar-refractivity contribution in [1.29, 1.82) is 0 Å². The van der Waals surface area contributed by atoms with E-state index in [2.05, 4.69) is 11.1 Å². The van der Waals surface area contributed by atoms with Gasteiger partial charge in [-0.2, -0.15) is 0 Å². The molecule has 2 heterocycles. The summed E-state index contributed by atoms with van der Waals surface area (Å²) in [5.74, 6) is -0.263. The summed E-state index contributed by atoms with van der Waals surface area (Å²) in [5, 5.41) is 0.0412. The highest BCUT2D eigenvalue weighted by Gasteiger charge is 2.25. The molecule has 2 aromatic heterocycles. The summed E-state index contributed by atoms with van der Waals surface area (Å²) < 4.78 is 28.4. The number of fused-ring (bicyclic) bond motifs is 1. The van der Waals surface area contributed by atoms with Crippen LogP contribution in [0, 0.1) is 13.8 Å². The van der Waals surface area contributed by atoms with Gasteiger partial charge in [-0.15, -0.1) is 0 Å². The molecule has 2 aromatic carbocycles. The number of imidazole rings is 1. The number of aromatic nitrogens is 3. The van der Waals surface area contributed by atoms with E-state index < -0.39 is 15.1 Å². The van der Waals surface area contributed by atoms with Gasteiger partial charge >= 0.3 is 0 Å². The highest BCUT2D eigenvalue weighted by atomic mass is 32.2. The van der Waals surface area contributed by atoms with Crippen LogP contribution >= 0.6 is 11.3 Å². The van der Waals surface area contributed by atoms with Gasteiger partial charge in [0.1, 0.15) is 0 Å². The zero-order valence-electron chi connectivity index (χ0n) is 19.7. The lowest BCUT2D eigenvalue weighted by atomic mass is 10.1. The zero-order chi connectivity index (χ0) is 24.5. The Morgan fingerprint density at radius 3 is 2.59 bits per heavy atom. The lowest BCUT2D eigenvalue weighted by molar-refractivity contribution is 0.0986. The number of carbonyl (C=O) groups is 1. The molecule has 0 aliphatic heterocycles. The molecule has 34 heavy (non-hydrogen) atoms. The average Bonchev–Trinajstić information content (AvgIpc) is 3.50. The minimum absolute atomic E-state index is 0.155. The molecule has 0 aliphatic rings. The number of amides is 1. The lowest BCUT2D eigenvalue weighted by Gasteiger charge is -2.20. The fourth-order valence-corrected chi connectivity index (χ4v) is 5.95. The molecule has 0 bridgehead atoms. The van der Waals surface area contributed by atoms with Gasteiger partial charge in [0.05, 0.1) is 26.7 Å². The number of anilines is 1. The van der Waals surface area contributed by atoms with Crippen LogP contribution in [-0.4, -0.2) is 40.7 Å². The lowest BCUT2D eigenvalue weighted by Crippen LogP contribution is -2.32. The molecule has 4 rings (SSSR count). The minimum atomic E-state index is -3.50. The molecule has 0 unspecified atom stereocenters. The maximum atomic E-state index is 13.7. The third kappa shape index (κ3) is 4.76. The first-order valence-corrected chi connectivity index (χ1v) is 13.5. The van der Waals surface area contributed by atoms with E-state index >= 15 is 0 Å². The Morgan fingerprint density at radius 2 is 1.91 bits per heavy atom. The van der Waals surface area contributed by atoms with Crippen LogP contribution in [0.4, 0.5) is 5.13 Å². The first-order valence-electron chi connectivity index (χ1n) is 11.2. The van der Waals surface area contributed by atoms with Crippen molar-refractivity contribution in [3.05, 3.63) is 71.8 Å². The van der Waals surface area contributed by atoms with E-state index in [1.165, 1.54) is 17.4 Å². The molecule has 1 amide bonds. The van der Waals surface area contributed by atoms with Crippen molar-refractivity contribution >= 4 is 42.4 Å². The van der Waals surface area contributed by atoms with Gasteiger partial charge in [-0.3, -0.25) is 9.69 Å². The largest absolute Gasteiger partial charge is 0.337 e. The topological polar surface area (TPSA) is 85.2 Å². The van der Waals surface area contributed by atoms with Crippen LogP contribution in [0.25, 0.3) is 10.2 Å². The summed E-state index contributed by atoms with van der Waals surface area (Å²) in [6, 6.07) is 10.4. The number of carbonyl (C=O) groups excluding carboxylic acids is 1. The number of hydrogen-bond donors (Lipinski definition) is 0. The SMILES string of the molecule is Cc1ccc(C)c2sc(N(CCCn3ccnc3)C(=O)c3cccc(S(=O)(=O)C(C)C)c3)nc12. The Morgan fingerprint density at radius 1 is 1.15 bits per heavy atom. The van der Waals surface area contributed by atoms with Crippen molar-refractivity contribution in [2.45, 2.75) is 50.8 Å². The number of aryl methyl sites for hydroxylation is 3. The van der Waals surface area contributed by atoms with Gasteiger partial charge in [-0.1, -0.05) is 29.5 Å². The average molecular weight is 497 g/mol. The van der Waals surface area contributed by atoms with E-state index in [4.69, 9.17) is 4.98 Å². The van der Waals surface area contributed by atoms with Crippen molar-refractivity contribution in [2.75, 3.05) is 11.4 Å². The monoisotopic (exact) mass is 496 g/mol. The Labute approximate surface area is 204 Å². The number of benzene rings is 2. The van der Waals surface area contributed by atoms with Crippen molar-refractivity contribution in [2.24, 2.45) is 0 Å². The van der Waals surface area contributed by atoms with Gasteiger partial charge in [0, 0.05) is 31.0 Å². The quantitative estimate of drug-likeness (QED) is 0.342. The second-order valence-corrected chi connectivity index (χ2v) is 12.1. The standard InChI is InChI=1S/C25H28N4O3S2/c1-17(2)34(31,32)21-8-5-7-20(15-21)24(30)29(13-6-12-28-14-11-26-16-28)25-27-22-18(3)9-10-19(4)23(22)33-25/h5,7-11,14-17H,6,12-13H2,1-4H3. The zero-order valence-corrected chi connectivity index (χ0v) is 21.4. The third-order valence-corrected chi connectivity index (χ3v) is 9.16. The van der Waals surface area contributed by atoms with Crippen LogP contribution in [0.5, 0.6) is 0 Å². The highest BCUT2D eigenvalue weighted by molar-refractivity contribution is 7.92. The predicted octanol–water partition coefficient (Wildman–Crippen LogP) is 5.03. The minimum Gasteiger partial charge on any atom is -0.337 e. The normalized spacial score (nSPS) is 11.9.